The van der Waals surface area contributed by atoms with Gasteiger partial charge in [0.2, 0.25) is 0 Å². The largest absolute Gasteiger partial charge is 0.272 e. The molecule has 4 aromatic rings. The molecule has 0 amide bonds. The lowest BCUT2D eigenvalue weighted by atomic mass is 10.1. The van der Waals surface area contributed by atoms with Crippen molar-refractivity contribution in [2.45, 2.75) is 40.3 Å². The first-order valence-corrected chi connectivity index (χ1v) is 9.21. The first kappa shape index (κ1) is 18.3. The van der Waals surface area contributed by atoms with Gasteiger partial charge in [-0.05, 0) is 32.4 Å². The molecule has 28 heavy (non-hydrogen) atoms. The summed E-state index contributed by atoms with van der Waals surface area (Å²) < 4.78 is 31.1. The molecule has 0 aliphatic rings. The number of rotatable bonds is 5. The van der Waals surface area contributed by atoms with E-state index in [1.807, 2.05) is 44.3 Å². The minimum Gasteiger partial charge on any atom is -0.272 e. The Hall–Kier alpha value is -3.09. The predicted octanol–water partition coefficient (Wildman–Crippen LogP) is 4.92. The molecular formula is C21H21F2N5. The van der Waals surface area contributed by atoms with E-state index in [-0.39, 0.29) is 5.56 Å². The van der Waals surface area contributed by atoms with E-state index in [9.17, 15) is 8.78 Å². The lowest BCUT2D eigenvalue weighted by Gasteiger charge is -2.08. The number of aryl methyl sites for hydroxylation is 3. The average molecular weight is 381 g/mol. The van der Waals surface area contributed by atoms with Crippen molar-refractivity contribution in [3.8, 4) is 11.3 Å². The monoisotopic (exact) mass is 381 g/mol. The number of benzene rings is 1. The highest BCUT2D eigenvalue weighted by atomic mass is 19.3. The Labute approximate surface area is 161 Å². The molecule has 5 nitrogen and oxygen atoms in total. The predicted molar refractivity (Wildman–Crippen MR) is 104 cm³/mol. The Kier molecular flexibility index (Phi) is 4.66. The molecule has 0 bridgehead atoms. The second-order valence-corrected chi connectivity index (χ2v) is 6.91. The SMILES string of the molecule is CCn1cc(-c2cc(C(F)F)c3c(C)nn(Cc4ccc(C)cc4)c3n2)cn1. The van der Waals surface area contributed by atoms with E-state index in [0.717, 1.165) is 5.56 Å². The molecule has 0 aliphatic heterocycles. The summed E-state index contributed by atoms with van der Waals surface area (Å²) in [7, 11) is 0. The molecule has 0 N–H and O–H groups in total. The zero-order valence-electron chi connectivity index (χ0n) is 16.0. The molecular weight excluding hydrogens is 360 g/mol. The van der Waals surface area contributed by atoms with Crippen molar-refractivity contribution in [1.82, 2.24) is 24.5 Å². The lowest BCUT2D eigenvalue weighted by molar-refractivity contribution is 0.153. The number of hydrogen-bond donors (Lipinski definition) is 0. The molecule has 4 rings (SSSR count). The van der Waals surface area contributed by atoms with Gasteiger partial charge in [0.1, 0.15) is 0 Å². The molecule has 0 radical (unpaired) electrons. The van der Waals surface area contributed by atoms with Crippen LogP contribution in [0.5, 0.6) is 0 Å². The molecule has 0 unspecified atom stereocenters. The van der Waals surface area contributed by atoms with E-state index in [0.29, 0.717) is 41.1 Å². The molecule has 0 saturated heterocycles. The maximum Gasteiger partial charge on any atom is 0.264 e. The summed E-state index contributed by atoms with van der Waals surface area (Å²) in [5.74, 6) is 0. The van der Waals surface area contributed by atoms with Crippen LogP contribution in [0.2, 0.25) is 0 Å². The number of pyridine rings is 1. The second-order valence-electron chi connectivity index (χ2n) is 6.91. The molecule has 0 saturated carbocycles. The normalized spacial score (nSPS) is 11.6. The molecule has 3 heterocycles. The van der Waals surface area contributed by atoms with E-state index in [1.54, 1.807) is 22.5 Å². The maximum absolute atomic E-state index is 13.8. The van der Waals surface area contributed by atoms with Crippen molar-refractivity contribution in [2.75, 3.05) is 0 Å². The first-order valence-electron chi connectivity index (χ1n) is 9.21. The van der Waals surface area contributed by atoms with Crippen molar-refractivity contribution in [3.63, 3.8) is 0 Å². The number of hydrogen-bond acceptors (Lipinski definition) is 3. The van der Waals surface area contributed by atoms with Gasteiger partial charge in [-0.15, -0.1) is 0 Å². The van der Waals surface area contributed by atoms with Gasteiger partial charge in [-0.2, -0.15) is 10.2 Å². The van der Waals surface area contributed by atoms with Crippen LogP contribution in [0.1, 0.15) is 35.7 Å². The minimum absolute atomic E-state index is 0.0445. The van der Waals surface area contributed by atoms with Crippen LogP contribution in [0.4, 0.5) is 8.78 Å². The summed E-state index contributed by atoms with van der Waals surface area (Å²) in [6.45, 7) is 6.91. The maximum atomic E-state index is 13.8. The Morgan fingerprint density at radius 3 is 2.50 bits per heavy atom. The van der Waals surface area contributed by atoms with Gasteiger partial charge in [-0.25, -0.2) is 18.4 Å². The number of fused-ring (bicyclic) bond motifs is 1. The van der Waals surface area contributed by atoms with Crippen LogP contribution >= 0.6 is 0 Å². The van der Waals surface area contributed by atoms with Gasteiger partial charge in [0.25, 0.3) is 6.43 Å². The third-order valence-electron chi connectivity index (χ3n) is 4.85. The fourth-order valence-corrected chi connectivity index (χ4v) is 3.35. The number of aromatic nitrogens is 5. The summed E-state index contributed by atoms with van der Waals surface area (Å²) in [5.41, 5.74) is 4.38. The van der Waals surface area contributed by atoms with Crippen molar-refractivity contribution >= 4 is 11.0 Å². The summed E-state index contributed by atoms with van der Waals surface area (Å²) >= 11 is 0. The minimum atomic E-state index is -2.61. The summed E-state index contributed by atoms with van der Waals surface area (Å²) in [4.78, 5) is 4.68. The van der Waals surface area contributed by atoms with Crippen LogP contribution in [0.3, 0.4) is 0 Å². The van der Waals surface area contributed by atoms with Gasteiger partial charge in [0.05, 0.1) is 29.5 Å². The number of halogens is 2. The van der Waals surface area contributed by atoms with Crippen LogP contribution < -0.4 is 0 Å². The highest BCUT2D eigenvalue weighted by molar-refractivity contribution is 5.85. The van der Waals surface area contributed by atoms with Crippen LogP contribution in [0, 0.1) is 13.8 Å². The fraction of sp³-hybridized carbons (Fsp3) is 0.286. The molecule has 144 valence electrons. The topological polar surface area (TPSA) is 48.5 Å². The zero-order chi connectivity index (χ0) is 19.8. The fourth-order valence-electron chi connectivity index (χ4n) is 3.35. The van der Waals surface area contributed by atoms with Gasteiger partial charge >= 0.3 is 0 Å². The lowest BCUT2D eigenvalue weighted by Crippen LogP contribution is -2.04. The van der Waals surface area contributed by atoms with E-state index in [2.05, 4.69) is 15.2 Å². The summed E-state index contributed by atoms with van der Waals surface area (Å²) in [6.07, 6.45) is 0.860. The van der Waals surface area contributed by atoms with Gasteiger partial charge in [-0.1, -0.05) is 29.8 Å². The van der Waals surface area contributed by atoms with Crippen LogP contribution in [-0.4, -0.2) is 24.5 Å². The molecule has 0 aliphatic carbocycles. The van der Waals surface area contributed by atoms with Crippen LogP contribution in [0.25, 0.3) is 22.3 Å². The highest BCUT2D eigenvalue weighted by Crippen LogP contribution is 2.33. The average Bonchev–Trinajstić information content (AvgIpc) is 3.28. The Morgan fingerprint density at radius 2 is 1.86 bits per heavy atom. The van der Waals surface area contributed by atoms with Gasteiger partial charge in [0.15, 0.2) is 5.65 Å². The van der Waals surface area contributed by atoms with Crippen LogP contribution in [0.15, 0.2) is 42.7 Å². The first-order chi connectivity index (χ1) is 13.5. The standard InChI is InChI=1S/C21H21F2N5/c1-4-27-12-16(10-24-27)18-9-17(20(22)23)19-14(3)26-28(21(19)25-18)11-15-7-5-13(2)6-8-15/h5-10,12,20H,4,11H2,1-3H3. The highest BCUT2D eigenvalue weighted by Gasteiger charge is 2.21. The zero-order valence-corrected chi connectivity index (χ0v) is 16.0. The summed E-state index contributed by atoms with van der Waals surface area (Å²) in [6, 6.07) is 9.53. The Bertz CT molecular complexity index is 1130. The van der Waals surface area contributed by atoms with E-state index in [1.165, 1.54) is 11.6 Å². The Balaban J connectivity index is 1.87. The van der Waals surface area contributed by atoms with Crippen LogP contribution in [-0.2, 0) is 13.1 Å². The second kappa shape index (κ2) is 7.14. The molecule has 0 fully saturated rings. The third-order valence-corrected chi connectivity index (χ3v) is 4.85. The third kappa shape index (κ3) is 3.28. The smallest absolute Gasteiger partial charge is 0.264 e. The van der Waals surface area contributed by atoms with Crippen molar-refractivity contribution in [2.24, 2.45) is 0 Å². The molecule has 7 heteroatoms. The number of alkyl halides is 2. The van der Waals surface area contributed by atoms with Gasteiger partial charge in [0, 0.05) is 23.9 Å². The van der Waals surface area contributed by atoms with E-state index >= 15 is 0 Å². The van der Waals surface area contributed by atoms with E-state index in [4.69, 9.17) is 0 Å². The number of nitrogens with zero attached hydrogens (tertiary/aromatic N) is 5. The Morgan fingerprint density at radius 1 is 1.11 bits per heavy atom. The van der Waals surface area contributed by atoms with Crippen molar-refractivity contribution in [3.05, 3.63) is 65.1 Å². The summed E-state index contributed by atoms with van der Waals surface area (Å²) in [5, 5.41) is 9.17. The molecule has 1 aromatic carbocycles. The van der Waals surface area contributed by atoms with Crippen molar-refractivity contribution < 1.29 is 8.78 Å². The van der Waals surface area contributed by atoms with Gasteiger partial charge in [-0.3, -0.25) is 4.68 Å². The molecule has 3 aromatic heterocycles. The molecule has 0 atom stereocenters. The van der Waals surface area contributed by atoms with Crippen molar-refractivity contribution in [1.29, 1.82) is 0 Å². The van der Waals surface area contributed by atoms with Gasteiger partial charge < -0.3 is 0 Å². The van der Waals surface area contributed by atoms with E-state index < -0.39 is 6.43 Å². The quantitative estimate of drug-likeness (QED) is 0.493. The molecule has 0 spiro atoms.